The van der Waals surface area contributed by atoms with E-state index in [0.717, 1.165) is 52.4 Å². The predicted octanol–water partition coefficient (Wildman–Crippen LogP) is 4.11. The van der Waals surface area contributed by atoms with Crippen LogP contribution in [0.4, 0.5) is 0 Å². The van der Waals surface area contributed by atoms with Crippen LogP contribution in [-0.4, -0.2) is 31.0 Å². The van der Waals surface area contributed by atoms with E-state index in [9.17, 15) is 4.79 Å². The molecule has 0 unspecified atom stereocenters. The number of carbonyl (C=O) groups excluding carboxylic acids is 1. The predicted molar refractivity (Wildman–Crippen MR) is 90.3 cm³/mol. The summed E-state index contributed by atoms with van der Waals surface area (Å²) in [6.45, 7) is 4.46. The third kappa shape index (κ3) is 3.08. The molecule has 2 aromatic rings. The van der Waals surface area contributed by atoms with Crippen LogP contribution in [0.1, 0.15) is 33.6 Å². The van der Waals surface area contributed by atoms with E-state index in [0.29, 0.717) is 6.61 Å². The molecule has 3 nitrogen and oxygen atoms in total. The number of likely N-dealkylation sites (tertiary alicyclic amines) is 1. The molecule has 1 aliphatic heterocycles. The summed E-state index contributed by atoms with van der Waals surface area (Å²) in [7, 11) is 1.70. The molecule has 4 heteroatoms. The molecule has 0 atom stereocenters. The Bertz CT molecular complexity index is 654. The van der Waals surface area contributed by atoms with Crippen molar-refractivity contribution in [3.05, 3.63) is 46.3 Å². The molecule has 1 aliphatic rings. The molecule has 0 aliphatic carbocycles. The number of rotatable bonds is 4. The van der Waals surface area contributed by atoms with Crippen molar-refractivity contribution in [2.24, 2.45) is 0 Å². The molecule has 1 saturated heterocycles. The first-order valence-electron chi connectivity index (χ1n) is 7.67. The minimum atomic E-state index is 0.197. The smallest absolute Gasteiger partial charge is 0.264 e. The molecule has 0 radical (unpaired) electrons. The van der Waals surface area contributed by atoms with Gasteiger partial charge in [-0.1, -0.05) is 24.3 Å². The zero-order valence-corrected chi connectivity index (χ0v) is 13.9. The van der Waals surface area contributed by atoms with Gasteiger partial charge >= 0.3 is 0 Å². The summed E-state index contributed by atoms with van der Waals surface area (Å²) < 4.78 is 5.14. The monoisotopic (exact) mass is 315 g/mol. The number of aryl methyl sites for hydroxylation is 1. The molecule has 1 amide bonds. The summed E-state index contributed by atoms with van der Waals surface area (Å²) >= 11 is 1.60. The van der Waals surface area contributed by atoms with Crippen LogP contribution >= 0.6 is 11.3 Å². The lowest BCUT2D eigenvalue weighted by Crippen LogP contribution is -2.27. The number of thiophene rings is 1. The Morgan fingerprint density at radius 3 is 2.55 bits per heavy atom. The highest BCUT2D eigenvalue weighted by Crippen LogP contribution is 2.32. The van der Waals surface area contributed by atoms with Gasteiger partial charge in [0.25, 0.3) is 5.91 Å². The summed E-state index contributed by atoms with van der Waals surface area (Å²) in [6, 6.07) is 10.5. The standard InChI is InChI=1S/C18H21NO2S/c1-13-11-16(15-7-5-14(6-8-15)12-21-2)22-17(13)18(20)19-9-3-4-10-19/h5-8,11H,3-4,9-10,12H2,1-2H3. The average Bonchev–Trinajstić information content (AvgIpc) is 3.17. The zero-order chi connectivity index (χ0) is 15.5. The minimum absolute atomic E-state index is 0.197. The van der Waals surface area contributed by atoms with Gasteiger partial charge in [0.05, 0.1) is 11.5 Å². The fraction of sp³-hybridized carbons (Fsp3) is 0.389. The van der Waals surface area contributed by atoms with Crippen LogP contribution < -0.4 is 0 Å². The Morgan fingerprint density at radius 1 is 1.23 bits per heavy atom. The van der Waals surface area contributed by atoms with Gasteiger partial charge in [-0.2, -0.15) is 0 Å². The highest BCUT2D eigenvalue weighted by Gasteiger charge is 2.23. The number of methoxy groups -OCH3 is 1. The zero-order valence-electron chi connectivity index (χ0n) is 13.1. The van der Waals surface area contributed by atoms with E-state index in [2.05, 4.69) is 30.3 Å². The lowest BCUT2D eigenvalue weighted by Gasteiger charge is -2.14. The summed E-state index contributed by atoms with van der Waals surface area (Å²) in [5.41, 5.74) is 3.40. The molecule has 116 valence electrons. The fourth-order valence-electron chi connectivity index (χ4n) is 2.83. The topological polar surface area (TPSA) is 29.5 Å². The van der Waals surface area contributed by atoms with Crippen molar-refractivity contribution < 1.29 is 9.53 Å². The van der Waals surface area contributed by atoms with E-state index in [1.807, 2.05) is 11.8 Å². The third-order valence-electron chi connectivity index (χ3n) is 4.05. The number of hydrogen-bond acceptors (Lipinski definition) is 3. The number of carbonyl (C=O) groups is 1. The Labute approximate surface area is 135 Å². The molecule has 0 N–H and O–H groups in total. The van der Waals surface area contributed by atoms with E-state index in [-0.39, 0.29) is 5.91 Å². The van der Waals surface area contributed by atoms with Crippen LogP contribution in [0.5, 0.6) is 0 Å². The Kier molecular flexibility index (Phi) is 4.60. The van der Waals surface area contributed by atoms with E-state index in [1.165, 1.54) is 0 Å². The van der Waals surface area contributed by atoms with Gasteiger partial charge < -0.3 is 9.64 Å². The molecule has 0 spiro atoms. The first-order valence-corrected chi connectivity index (χ1v) is 8.48. The first kappa shape index (κ1) is 15.3. The maximum absolute atomic E-state index is 12.6. The van der Waals surface area contributed by atoms with Crippen molar-refractivity contribution in [1.29, 1.82) is 0 Å². The third-order valence-corrected chi connectivity index (χ3v) is 5.33. The van der Waals surface area contributed by atoms with Crippen LogP contribution in [0.2, 0.25) is 0 Å². The summed E-state index contributed by atoms with van der Waals surface area (Å²) in [6.07, 6.45) is 2.26. The molecule has 2 heterocycles. The van der Waals surface area contributed by atoms with E-state index in [1.54, 1.807) is 18.4 Å². The summed E-state index contributed by atoms with van der Waals surface area (Å²) in [5, 5.41) is 0. The van der Waals surface area contributed by atoms with E-state index in [4.69, 9.17) is 4.74 Å². The van der Waals surface area contributed by atoms with E-state index >= 15 is 0 Å². The second-order valence-corrected chi connectivity index (χ2v) is 6.80. The maximum Gasteiger partial charge on any atom is 0.264 e. The molecule has 22 heavy (non-hydrogen) atoms. The number of amides is 1. The SMILES string of the molecule is COCc1ccc(-c2cc(C)c(C(=O)N3CCCC3)s2)cc1. The number of hydrogen-bond donors (Lipinski definition) is 0. The van der Waals surface area contributed by atoms with Gasteiger partial charge in [0, 0.05) is 25.1 Å². The van der Waals surface area contributed by atoms with Crippen molar-refractivity contribution in [2.75, 3.05) is 20.2 Å². The van der Waals surface area contributed by atoms with Crippen LogP contribution in [0, 0.1) is 6.92 Å². The molecule has 1 aromatic heterocycles. The second kappa shape index (κ2) is 6.63. The van der Waals surface area contributed by atoms with Gasteiger partial charge in [-0.05, 0) is 42.5 Å². The number of ether oxygens (including phenoxy) is 1. The highest BCUT2D eigenvalue weighted by molar-refractivity contribution is 7.17. The maximum atomic E-state index is 12.6. The van der Waals surface area contributed by atoms with Crippen molar-refractivity contribution in [3.63, 3.8) is 0 Å². The largest absolute Gasteiger partial charge is 0.380 e. The van der Waals surface area contributed by atoms with Crippen molar-refractivity contribution in [2.45, 2.75) is 26.4 Å². The molecule has 0 bridgehead atoms. The molecule has 3 rings (SSSR count). The van der Waals surface area contributed by atoms with Crippen LogP contribution in [0.3, 0.4) is 0 Å². The van der Waals surface area contributed by atoms with Gasteiger partial charge in [0.2, 0.25) is 0 Å². The van der Waals surface area contributed by atoms with Crippen molar-refractivity contribution in [1.82, 2.24) is 4.90 Å². The lowest BCUT2D eigenvalue weighted by molar-refractivity contribution is 0.0797. The Hall–Kier alpha value is -1.65. The fourth-order valence-corrected chi connectivity index (χ4v) is 3.98. The summed E-state index contributed by atoms with van der Waals surface area (Å²) in [4.78, 5) is 16.6. The quantitative estimate of drug-likeness (QED) is 0.850. The molecule has 0 saturated carbocycles. The van der Waals surface area contributed by atoms with E-state index < -0.39 is 0 Å². The molecule has 1 aromatic carbocycles. The van der Waals surface area contributed by atoms with Gasteiger partial charge in [-0.3, -0.25) is 4.79 Å². The number of benzene rings is 1. The second-order valence-electron chi connectivity index (χ2n) is 5.75. The van der Waals surface area contributed by atoms with Gasteiger partial charge in [0.1, 0.15) is 0 Å². The summed E-state index contributed by atoms with van der Waals surface area (Å²) in [5.74, 6) is 0.197. The van der Waals surface area contributed by atoms with Crippen molar-refractivity contribution in [3.8, 4) is 10.4 Å². The van der Waals surface area contributed by atoms with Gasteiger partial charge in [-0.15, -0.1) is 11.3 Å². The average molecular weight is 315 g/mol. The van der Waals surface area contributed by atoms with Crippen LogP contribution in [-0.2, 0) is 11.3 Å². The number of nitrogens with zero attached hydrogens (tertiary/aromatic N) is 1. The normalized spacial score (nSPS) is 14.5. The molecule has 1 fully saturated rings. The van der Waals surface area contributed by atoms with Crippen LogP contribution in [0.15, 0.2) is 30.3 Å². The molecular weight excluding hydrogens is 294 g/mol. The van der Waals surface area contributed by atoms with Crippen LogP contribution in [0.25, 0.3) is 10.4 Å². The highest BCUT2D eigenvalue weighted by atomic mass is 32.1. The van der Waals surface area contributed by atoms with Gasteiger partial charge in [0.15, 0.2) is 0 Å². The minimum Gasteiger partial charge on any atom is -0.380 e. The molecular formula is C18H21NO2S. The first-order chi connectivity index (χ1) is 10.7. The van der Waals surface area contributed by atoms with Crippen molar-refractivity contribution >= 4 is 17.2 Å². The lowest BCUT2D eigenvalue weighted by atomic mass is 10.1. The Morgan fingerprint density at radius 2 is 1.91 bits per heavy atom. The van der Waals surface area contributed by atoms with Gasteiger partial charge in [-0.25, -0.2) is 0 Å². The Balaban J connectivity index is 1.83.